The molecule has 0 fully saturated rings. The number of methoxy groups -OCH3 is 2. The molecule has 2 aromatic rings. The summed E-state index contributed by atoms with van der Waals surface area (Å²) in [6, 6.07) is 3.55. The maximum absolute atomic E-state index is 12.6. The molecule has 0 saturated carbocycles. The Kier molecular flexibility index (Phi) is 5.46. The number of hydrogen-bond acceptors (Lipinski definition) is 6. The third kappa shape index (κ3) is 3.11. The predicted molar refractivity (Wildman–Crippen MR) is 84.1 cm³/mol. The number of nitrogens with zero attached hydrogens (tertiary/aromatic N) is 1. The number of carbonyl (C=O) groups is 1. The minimum atomic E-state index is -0.386. The molecule has 0 saturated heterocycles. The molecule has 0 unspecified atom stereocenters. The summed E-state index contributed by atoms with van der Waals surface area (Å²) in [4.78, 5) is 13.9. The van der Waals surface area contributed by atoms with Crippen LogP contribution >= 0.6 is 0 Å². The van der Waals surface area contributed by atoms with Gasteiger partial charge in [0.1, 0.15) is 0 Å². The van der Waals surface area contributed by atoms with Crippen LogP contribution in [0.2, 0.25) is 0 Å². The molecule has 0 atom stereocenters. The molecule has 0 aliphatic carbocycles. The van der Waals surface area contributed by atoms with Crippen molar-refractivity contribution in [1.82, 2.24) is 4.90 Å². The van der Waals surface area contributed by atoms with Gasteiger partial charge in [-0.1, -0.05) is 0 Å². The molecule has 0 aliphatic heterocycles. The lowest BCUT2D eigenvalue weighted by Gasteiger charge is -2.19. The highest BCUT2D eigenvalue weighted by atomic mass is 16.5. The van der Waals surface area contributed by atoms with E-state index in [-0.39, 0.29) is 38.0 Å². The minimum Gasteiger partial charge on any atom is -0.493 e. The average molecular weight is 323 g/mol. The van der Waals surface area contributed by atoms with E-state index in [1.165, 1.54) is 19.1 Å². The van der Waals surface area contributed by atoms with Crippen LogP contribution in [0.4, 0.5) is 0 Å². The second-order valence-electron chi connectivity index (χ2n) is 4.97. The molecule has 1 aromatic carbocycles. The highest BCUT2D eigenvalue weighted by molar-refractivity contribution is 6.00. The first-order chi connectivity index (χ1) is 11.1. The molecular formula is C16H21NO6. The molecule has 0 aliphatic rings. The zero-order chi connectivity index (χ0) is 17.0. The molecule has 0 bridgehead atoms. The number of amides is 1. The van der Waals surface area contributed by atoms with Gasteiger partial charge in [0, 0.05) is 24.0 Å². The largest absolute Gasteiger partial charge is 0.493 e. The predicted octanol–water partition coefficient (Wildman–Crippen LogP) is 1.19. The van der Waals surface area contributed by atoms with Crippen molar-refractivity contribution < 1.29 is 28.9 Å². The molecule has 126 valence electrons. The van der Waals surface area contributed by atoms with Crippen LogP contribution in [0.5, 0.6) is 11.5 Å². The third-order valence-corrected chi connectivity index (χ3v) is 3.67. The molecule has 23 heavy (non-hydrogen) atoms. The molecule has 1 aromatic heterocycles. The number of benzene rings is 1. The van der Waals surface area contributed by atoms with Gasteiger partial charge >= 0.3 is 0 Å². The zero-order valence-electron chi connectivity index (χ0n) is 13.5. The van der Waals surface area contributed by atoms with Crippen molar-refractivity contribution in [1.29, 1.82) is 0 Å². The van der Waals surface area contributed by atoms with Gasteiger partial charge in [0.05, 0.1) is 27.4 Å². The average Bonchev–Trinajstić information content (AvgIpc) is 2.90. The summed E-state index contributed by atoms with van der Waals surface area (Å²) in [6.07, 6.45) is 0. The van der Waals surface area contributed by atoms with Gasteiger partial charge in [-0.25, -0.2) is 0 Å². The quantitative estimate of drug-likeness (QED) is 0.795. The van der Waals surface area contributed by atoms with E-state index < -0.39 is 0 Å². The summed E-state index contributed by atoms with van der Waals surface area (Å²) in [7, 11) is 3.02. The van der Waals surface area contributed by atoms with Crippen molar-refractivity contribution in [2.24, 2.45) is 0 Å². The first-order valence-corrected chi connectivity index (χ1v) is 7.24. The van der Waals surface area contributed by atoms with E-state index in [0.29, 0.717) is 22.6 Å². The summed E-state index contributed by atoms with van der Waals surface area (Å²) in [5.41, 5.74) is 1.10. The second kappa shape index (κ2) is 7.34. The Morgan fingerprint density at radius 3 is 2.35 bits per heavy atom. The zero-order valence-corrected chi connectivity index (χ0v) is 13.5. The van der Waals surface area contributed by atoms with Crippen LogP contribution in [0.3, 0.4) is 0 Å². The Morgan fingerprint density at radius 1 is 1.17 bits per heavy atom. The Bertz CT molecular complexity index is 687. The fourth-order valence-electron chi connectivity index (χ4n) is 2.50. The van der Waals surface area contributed by atoms with E-state index >= 15 is 0 Å². The third-order valence-electron chi connectivity index (χ3n) is 3.67. The Hall–Kier alpha value is -2.25. The lowest BCUT2D eigenvalue weighted by Crippen LogP contribution is -2.35. The lowest BCUT2D eigenvalue weighted by atomic mass is 10.1. The SMILES string of the molecule is COc1ccc2c(C)c(C(=O)N(CCO)CCO)oc2c1OC. The number of carbonyl (C=O) groups excluding carboxylic acids is 1. The number of aryl methyl sites for hydroxylation is 1. The van der Waals surface area contributed by atoms with Gasteiger partial charge in [-0.2, -0.15) is 0 Å². The van der Waals surface area contributed by atoms with Crippen molar-refractivity contribution in [3.05, 3.63) is 23.5 Å². The van der Waals surface area contributed by atoms with E-state index in [1.54, 1.807) is 19.1 Å². The van der Waals surface area contributed by atoms with E-state index in [4.69, 9.17) is 24.1 Å². The molecular weight excluding hydrogens is 302 g/mol. The van der Waals surface area contributed by atoms with Crippen LogP contribution in [-0.2, 0) is 0 Å². The number of ether oxygens (including phenoxy) is 2. The van der Waals surface area contributed by atoms with Crippen molar-refractivity contribution in [3.8, 4) is 11.5 Å². The molecule has 1 amide bonds. The van der Waals surface area contributed by atoms with Gasteiger partial charge in [-0.3, -0.25) is 4.79 Å². The van der Waals surface area contributed by atoms with Crippen LogP contribution in [-0.4, -0.2) is 61.5 Å². The van der Waals surface area contributed by atoms with E-state index in [0.717, 1.165) is 5.39 Å². The smallest absolute Gasteiger partial charge is 0.290 e. The van der Waals surface area contributed by atoms with Gasteiger partial charge in [0.25, 0.3) is 5.91 Å². The molecule has 0 radical (unpaired) electrons. The summed E-state index contributed by atoms with van der Waals surface area (Å²) in [5.74, 6) is 0.703. The van der Waals surface area contributed by atoms with Gasteiger partial charge in [-0.05, 0) is 19.1 Å². The fourth-order valence-corrected chi connectivity index (χ4v) is 2.50. The first kappa shape index (κ1) is 17.1. The topological polar surface area (TPSA) is 92.4 Å². The number of hydrogen-bond donors (Lipinski definition) is 2. The Labute approximate surface area is 134 Å². The monoisotopic (exact) mass is 323 g/mol. The molecule has 2 N–H and O–H groups in total. The van der Waals surface area contributed by atoms with E-state index in [1.807, 2.05) is 0 Å². The Morgan fingerprint density at radius 2 is 1.83 bits per heavy atom. The van der Waals surface area contributed by atoms with Crippen LogP contribution < -0.4 is 9.47 Å². The number of fused-ring (bicyclic) bond motifs is 1. The summed E-state index contributed by atoms with van der Waals surface area (Å²) >= 11 is 0. The van der Waals surface area contributed by atoms with Gasteiger partial charge in [-0.15, -0.1) is 0 Å². The highest BCUT2D eigenvalue weighted by Gasteiger charge is 2.25. The summed E-state index contributed by atoms with van der Waals surface area (Å²) in [5, 5.41) is 18.9. The van der Waals surface area contributed by atoms with Crippen molar-refractivity contribution in [2.45, 2.75) is 6.92 Å². The van der Waals surface area contributed by atoms with Crippen LogP contribution in [0, 0.1) is 6.92 Å². The lowest BCUT2D eigenvalue weighted by molar-refractivity contribution is 0.0654. The normalized spacial score (nSPS) is 10.8. The molecule has 2 rings (SSSR count). The standard InChI is InChI=1S/C16H21NO6/c1-10-11-4-5-12(21-2)15(22-3)14(11)23-13(10)16(20)17(6-8-18)7-9-19/h4-5,18-19H,6-9H2,1-3H3. The van der Waals surface area contributed by atoms with Crippen molar-refractivity contribution >= 4 is 16.9 Å². The fraction of sp³-hybridized carbons (Fsp3) is 0.438. The van der Waals surface area contributed by atoms with Gasteiger partial charge in [0.2, 0.25) is 5.75 Å². The maximum atomic E-state index is 12.6. The van der Waals surface area contributed by atoms with Crippen LogP contribution in [0.25, 0.3) is 11.0 Å². The summed E-state index contributed by atoms with van der Waals surface area (Å²) < 4.78 is 16.3. The van der Waals surface area contributed by atoms with E-state index in [2.05, 4.69) is 0 Å². The first-order valence-electron chi connectivity index (χ1n) is 7.24. The maximum Gasteiger partial charge on any atom is 0.290 e. The molecule has 0 spiro atoms. The number of aliphatic hydroxyl groups is 2. The number of aliphatic hydroxyl groups excluding tert-OH is 2. The molecule has 7 nitrogen and oxygen atoms in total. The van der Waals surface area contributed by atoms with E-state index in [9.17, 15) is 4.79 Å². The second-order valence-corrected chi connectivity index (χ2v) is 4.97. The summed E-state index contributed by atoms with van der Waals surface area (Å²) in [6.45, 7) is 1.64. The van der Waals surface area contributed by atoms with Crippen molar-refractivity contribution in [2.75, 3.05) is 40.5 Å². The highest BCUT2D eigenvalue weighted by Crippen LogP contribution is 2.39. The Balaban J connectivity index is 2.53. The number of furan rings is 1. The number of rotatable bonds is 7. The molecule has 1 heterocycles. The molecule has 7 heteroatoms. The minimum absolute atomic E-state index is 0.121. The van der Waals surface area contributed by atoms with Crippen LogP contribution in [0.15, 0.2) is 16.5 Å². The van der Waals surface area contributed by atoms with Crippen molar-refractivity contribution in [3.63, 3.8) is 0 Å². The van der Waals surface area contributed by atoms with Gasteiger partial charge in [0.15, 0.2) is 17.1 Å². The van der Waals surface area contributed by atoms with Gasteiger partial charge < -0.3 is 29.0 Å². The van der Waals surface area contributed by atoms with Crippen LogP contribution in [0.1, 0.15) is 16.1 Å².